The van der Waals surface area contributed by atoms with Gasteiger partial charge in [0.25, 0.3) is 5.91 Å². The first-order valence-corrected chi connectivity index (χ1v) is 9.05. The zero-order valence-electron chi connectivity index (χ0n) is 17.4. The van der Waals surface area contributed by atoms with Crippen LogP contribution in [0.3, 0.4) is 0 Å². The number of carbonyl (C=O) groups excluding carboxylic acids is 2. The topological polar surface area (TPSA) is 92.3 Å². The Bertz CT molecular complexity index is 908. The summed E-state index contributed by atoms with van der Waals surface area (Å²) in [5, 5.41) is 2.68. The van der Waals surface area contributed by atoms with Crippen molar-refractivity contribution in [2.45, 2.75) is 6.54 Å². The van der Waals surface area contributed by atoms with Crippen LogP contribution in [-0.2, 0) is 20.9 Å². The number of carbonyl (C=O) groups is 2. The molecule has 0 saturated carbocycles. The predicted octanol–water partition coefficient (Wildman–Crippen LogP) is 2.59. The van der Waals surface area contributed by atoms with Crippen molar-refractivity contribution < 1.29 is 33.3 Å². The SMILES string of the molecule is COc1cc(OC)c(OC)cc1/C=C/C(=O)OCC(=O)NCc1ccccc1OC. The van der Waals surface area contributed by atoms with Gasteiger partial charge in [0.15, 0.2) is 18.1 Å². The van der Waals surface area contributed by atoms with Crippen molar-refractivity contribution in [3.05, 3.63) is 53.6 Å². The molecule has 0 spiro atoms. The van der Waals surface area contributed by atoms with E-state index in [0.29, 0.717) is 28.6 Å². The maximum absolute atomic E-state index is 12.0. The Morgan fingerprint density at radius 2 is 1.50 bits per heavy atom. The summed E-state index contributed by atoms with van der Waals surface area (Å²) >= 11 is 0. The quantitative estimate of drug-likeness (QED) is 0.471. The molecule has 0 heterocycles. The molecule has 2 aromatic carbocycles. The largest absolute Gasteiger partial charge is 0.496 e. The number of nitrogens with one attached hydrogen (secondary N) is 1. The van der Waals surface area contributed by atoms with Gasteiger partial charge < -0.3 is 29.0 Å². The number of benzene rings is 2. The molecule has 0 aromatic heterocycles. The summed E-state index contributed by atoms with van der Waals surface area (Å²) < 4.78 is 26.0. The molecule has 0 aliphatic heterocycles. The number of hydrogen-bond acceptors (Lipinski definition) is 7. The van der Waals surface area contributed by atoms with E-state index in [-0.39, 0.29) is 6.54 Å². The van der Waals surface area contributed by atoms with Crippen LogP contribution in [0.2, 0.25) is 0 Å². The number of hydrogen-bond donors (Lipinski definition) is 1. The first-order valence-electron chi connectivity index (χ1n) is 9.05. The summed E-state index contributed by atoms with van der Waals surface area (Å²) in [4.78, 5) is 23.9. The van der Waals surface area contributed by atoms with Gasteiger partial charge in [-0.15, -0.1) is 0 Å². The lowest BCUT2D eigenvalue weighted by Crippen LogP contribution is -2.28. The van der Waals surface area contributed by atoms with Crippen LogP contribution in [-0.4, -0.2) is 46.9 Å². The van der Waals surface area contributed by atoms with Crippen LogP contribution < -0.4 is 24.3 Å². The van der Waals surface area contributed by atoms with E-state index in [2.05, 4.69) is 5.32 Å². The molecule has 0 saturated heterocycles. The molecule has 8 heteroatoms. The van der Waals surface area contributed by atoms with E-state index >= 15 is 0 Å². The fraction of sp³-hybridized carbons (Fsp3) is 0.273. The molecular formula is C22H25NO7. The Kier molecular flexibility index (Phi) is 8.56. The molecule has 1 amide bonds. The van der Waals surface area contributed by atoms with Crippen molar-refractivity contribution in [2.24, 2.45) is 0 Å². The minimum absolute atomic E-state index is 0.263. The Labute approximate surface area is 175 Å². The van der Waals surface area contributed by atoms with Gasteiger partial charge in [0.1, 0.15) is 11.5 Å². The molecular weight excluding hydrogens is 390 g/mol. The van der Waals surface area contributed by atoms with Crippen molar-refractivity contribution in [3.63, 3.8) is 0 Å². The lowest BCUT2D eigenvalue weighted by molar-refractivity contribution is -0.143. The summed E-state index contributed by atoms with van der Waals surface area (Å²) in [6.45, 7) is -0.138. The van der Waals surface area contributed by atoms with E-state index in [0.717, 1.165) is 5.56 Å². The molecule has 30 heavy (non-hydrogen) atoms. The molecule has 8 nitrogen and oxygen atoms in total. The summed E-state index contributed by atoms with van der Waals surface area (Å²) in [5.74, 6) is 1.06. The van der Waals surface area contributed by atoms with Gasteiger partial charge >= 0.3 is 5.97 Å². The molecule has 0 radical (unpaired) electrons. The molecule has 0 bridgehead atoms. The van der Waals surface area contributed by atoms with E-state index in [9.17, 15) is 9.59 Å². The highest BCUT2D eigenvalue weighted by atomic mass is 16.5. The highest BCUT2D eigenvalue weighted by molar-refractivity contribution is 5.89. The van der Waals surface area contributed by atoms with Gasteiger partial charge in [-0.05, 0) is 18.2 Å². The number of esters is 1. The Balaban J connectivity index is 1.91. The summed E-state index contributed by atoms with van der Waals surface area (Å²) in [7, 11) is 6.09. The van der Waals surface area contributed by atoms with E-state index in [1.165, 1.54) is 33.5 Å². The molecule has 1 N–H and O–H groups in total. The van der Waals surface area contributed by atoms with Crippen LogP contribution in [0.4, 0.5) is 0 Å². The van der Waals surface area contributed by atoms with Crippen LogP contribution in [0.1, 0.15) is 11.1 Å². The normalized spacial score (nSPS) is 10.4. The Morgan fingerprint density at radius 3 is 2.17 bits per heavy atom. The second kappa shape index (κ2) is 11.4. The second-order valence-electron chi connectivity index (χ2n) is 5.98. The molecule has 2 rings (SSSR count). The van der Waals surface area contributed by atoms with Crippen LogP contribution in [0, 0.1) is 0 Å². The highest BCUT2D eigenvalue weighted by Gasteiger charge is 2.11. The zero-order chi connectivity index (χ0) is 21.9. The predicted molar refractivity (Wildman–Crippen MR) is 111 cm³/mol. The highest BCUT2D eigenvalue weighted by Crippen LogP contribution is 2.35. The smallest absolute Gasteiger partial charge is 0.331 e. The number of rotatable bonds is 10. The molecule has 0 fully saturated rings. The van der Waals surface area contributed by atoms with Crippen molar-refractivity contribution in [1.82, 2.24) is 5.32 Å². The monoisotopic (exact) mass is 415 g/mol. The van der Waals surface area contributed by atoms with Gasteiger partial charge in [-0.1, -0.05) is 18.2 Å². The minimum Gasteiger partial charge on any atom is -0.496 e. The number of methoxy groups -OCH3 is 4. The molecule has 2 aromatic rings. The summed E-state index contributed by atoms with van der Waals surface area (Å²) in [6, 6.07) is 10.6. The third-order valence-corrected chi connectivity index (χ3v) is 4.15. The van der Waals surface area contributed by atoms with Crippen molar-refractivity contribution >= 4 is 18.0 Å². The van der Waals surface area contributed by atoms with E-state index < -0.39 is 18.5 Å². The van der Waals surface area contributed by atoms with E-state index in [1.807, 2.05) is 18.2 Å². The van der Waals surface area contributed by atoms with Crippen molar-refractivity contribution in [1.29, 1.82) is 0 Å². The van der Waals surface area contributed by atoms with Crippen molar-refractivity contribution in [2.75, 3.05) is 35.0 Å². The lowest BCUT2D eigenvalue weighted by atomic mass is 10.1. The number of amides is 1. The van der Waals surface area contributed by atoms with Gasteiger partial charge in [-0.3, -0.25) is 4.79 Å². The van der Waals surface area contributed by atoms with Crippen LogP contribution in [0.5, 0.6) is 23.0 Å². The molecule has 0 aliphatic carbocycles. The van der Waals surface area contributed by atoms with Gasteiger partial charge in [0.05, 0.1) is 28.4 Å². The zero-order valence-corrected chi connectivity index (χ0v) is 17.4. The molecule has 0 unspecified atom stereocenters. The van der Waals surface area contributed by atoms with Gasteiger partial charge in [-0.2, -0.15) is 0 Å². The molecule has 160 valence electrons. The third-order valence-electron chi connectivity index (χ3n) is 4.15. The molecule has 0 atom stereocenters. The first kappa shape index (κ1) is 22.6. The summed E-state index contributed by atoms with van der Waals surface area (Å²) in [5.41, 5.74) is 1.41. The third kappa shape index (κ3) is 6.16. The van der Waals surface area contributed by atoms with Gasteiger partial charge in [0, 0.05) is 29.8 Å². The maximum Gasteiger partial charge on any atom is 0.331 e. The average molecular weight is 415 g/mol. The van der Waals surface area contributed by atoms with Gasteiger partial charge in [-0.25, -0.2) is 4.79 Å². The van der Waals surface area contributed by atoms with Gasteiger partial charge in [0.2, 0.25) is 0 Å². The van der Waals surface area contributed by atoms with Crippen molar-refractivity contribution in [3.8, 4) is 23.0 Å². The molecule has 0 aliphatic rings. The minimum atomic E-state index is -0.667. The summed E-state index contributed by atoms with van der Waals surface area (Å²) in [6.07, 6.45) is 2.72. The van der Waals surface area contributed by atoms with Crippen LogP contribution >= 0.6 is 0 Å². The first-order chi connectivity index (χ1) is 14.5. The van der Waals surface area contributed by atoms with Crippen LogP contribution in [0.15, 0.2) is 42.5 Å². The standard InChI is InChI=1S/C22H25NO7/c1-26-17-8-6-5-7-16(17)13-23-21(24)14-30-22(25)10-9-15-11-19(28-3)20(29-4)12-18(15)27-2/h5-12H,13-14H2,1-4H3,(H,23,24)/b10-9+. The number of para-hydroxylation sites is 1. The van der Waals surface area contributed by atoms with Crippen LogP contribution in [0.25, 0.3) is 6.08 Å². The second-order valence-corrected chi connectivity index (χ2v) is 5.98. The maximum atomic E-state index is 12.0. The number of ether oxygens (including phenoxy) is 5. The average Bonchev–Trinajstić information content (AvgIpc) is 2.79. The van der Waals surface area contributed by atoms with E-state index in [4.69, 9.17) is 23.7 Å². The Hall–Kier alpha value is -3.68. The fourth-order valence-corrected chi connectivity index (χ4v) is 2.62. The lowest BCUT2D eigenvalue weighted by Gasteiger charge is -2.12. The van der Waals surface area contributed by atoms with E-state index in [1.54, 1.807) is 25.3 Å². The Morgan fingerprint density at radius 1 is 0.867 bits per heavy atom. The fourth-order valence-electron chi connectivity index (χ4n) is 2.62.